The van der Waals surface area contributed by atoms with Crippen LogP contribution in [0, 0.1) is 6.92 Å². The highest BCUT2D eigenvalue weighted by atomic mass is 16.1. The summed E-state index contributed by atoms with van der Waals surface area (Å²) in [5.74, 6) is 0.455. The molecule has 1 aromatic carbocycles. The van der Waals surface area contributed by atoms with Crippen LogP contribution in [0.25, 0.3) is 10.9 Å². The second-order valence-electron chi connectivity index (χ2n) is 7.15. The van der Waals surface area contributed by atoms with Crippen molar-refractivity contribution < 1.29 is 4.79 Å². The Morgan fingerprint density at radius 3 is 2.77 bits per heavy atom. The second-order valence-corrected chi connectivity index (χ2v) is 7.15. The maximum absolute atomic E-state index is 12.5. The number of para-hydroxylation sites is 1. The molecule has 0 radical (unpaired) electrons. The SMILES string of the molecule is Cc1cccc2cc(CNC(=O)c3nccnc3N)c(NCCc3cccnc3)nc12. The fourth-order valence-electron chi connectivity index (χ4n) is 3.33. The highest BCUT2D eigenvalue weighted by molar-refractivity contribution is 5.96. The maximum Gasteiger partial charge on any atom is 0.273 e. The summed E-state index contributed by atoms with van der Waals surface area (Å²) in [7, 11) is 0. The Balaban J connectivity index is 1.55. The van der Waals surface area contributed by atoms with Gasteiger partial charge in [0.05, 0.1) is 5.52 Å². The number of fused-ring (bicyclic) bond motifs is 1. The molecule has 0 saturated carbocycles. The van der Waals surface area contributed by atoms with Crippen LogP contribution in [0.15, 0.2) is 61.2 Å². The number of nitrogens with one attached hydrogen (secondary N) is 2. The molecule has 31 heavy (non-hydrogen) atoms. The van der Waals surface area contributed by atoms with Gasteiger partial charge in [0.25, 0.3) is 5.91 Å². The van der Waals surface area contributed by atoms with Crippen LogP contribution in [0.2, 0.25) is 0 Å². The lowest BCUT2D eigenvalue weighted by atomic mass is 10.1. The Hall–Kier alpha value is -4.07. The van der Waals surface area contributed by atoms with E-state index in [2.05, 4.69) is 25.6 Å². The molecule has 1 amide bonds. The predicted octanol–water partition coefficient (Wildman–Crippen LogP) is 2.90. The number of amides is 1. The van der Waals surface area contributed by atoms with Crippen molar-refractivity contribution in [3.63, 3.8) is 0 Å². The Morgan fingerprint density at radius 2 is 1.97 bits per heavy atom. The minimum atomic E-state index is -0.378. The minimum Gasteiger partial charge on any atom is -0.382 e. The van der Waals surface area contributed by atoms with E-state index in [-0.39, 0.29) is 24.0 Å². The molecule has 156 valence electrons. The summed E-state index contributed by atoms with van der Waals surface area (Å²) in [6, 6.07) is 12.1. The van der Waals surface area contributed by atoms with Gasteiger partial charge in [0.2, 0.25) is 0 Å². The van der Waals surface area contributed by atoms with Crippen molar-refractivity contribution in [1.82, 2.24) is 25.3 Å². The van der Waals surface area contributed by atoms with Crippen LogP contribution in [0.5, 0.6) is 0 Å². The lowest BCUT2D eigenvalue weighted by Gasteiger charge is -2.14. The van der Waals surface area contributed by atoms with Crippen molar-refractivity contribution in [3.05, 3.63) is 83.6 Å². The number of hydrogen-bond donors (Lipinski definition) is 3. The molecule has 0 atom stereocenters. The van der Waals surface area contributed by atoms with Gasteiger partial charge in [0, 0.05) is 48.8 Å². The van der Waals surface area contributed by atoms with Crippen LogP contribution in [0.3, 0.4) is 0 Å². The first-order valence-corrected chi connectivity index (χ1v) is 9.98. The van der Waals surface area contributed by atoms with E-state index in [9.17, 15) is 4.79 Å². The normalized spacial score (nSPS) is 10.7. The first kappa shape index (κ1) is 20.2. The number of nitrogens with zero attached hydrogens (tertiary/aromatic N) is 4. The van der Waals surface area contributed by atoms with Crippen LogP contribution in [-0.4, -0.2) is 32.4 Å². The third-order valence-corrected chi connectivity index (χ3v) is 4.94. The summed E-state index contributed by atoms with van der Waals surface area (Å²) in [6.07, 6.45) is 7.31. The monoisotopic (exact) mass is 413 g/mol. The summed E-state index contributed by atoms with van der Waals surface area (Å²) in [5, 5.41) is 7.30. The van der Waals surface area contributed by atoms with E-state index in [1.54, 1.807) is 6.20 Å². The number of nitrogen functional groups attached to an aromatic ring is 1. The standard InChI is InChI=1S/C23H23N7O/c1-15-4-2-6-17-12-18(14-29-23(31)20-21(24)27-11-10-26-20)22(30-19(15)17)28-9-7-16-5-3-8-25-13-16/h2-6,8,10-13H,7,9,14H2,1H3,(H2,24,27)(H,28,30)(H,29,31). The lowest BCUT2D eigenvalue weighted by Crippen LogP contribution is -2.26. The molecule has 0 bridgehead atoms. The van der Waals surface area contributed by atoms with Gasteiger partial charge in [-0.25, -0.2) is 15.0 Å². The molecule has 0 saturated heterocycles. The Morgan fingerprint density at radius 1 is 1.10 bits per heavy atom. The number of carbonyl (C=O) groups excluding carboxylic acids is 1. The predicted molar refractivity (Wildman–Crippen MR) is 121 cm³/mol. The fourth-order valence-corrected chi connectivity index (χ4v) is 3.33. The highest BCUT2D eigenvalue weighted by Gasteiger charge is 2.14. The number of carbonyl (C=O) groups is 1. The number of rotatable bonds is 7. The van der Waals surface area contributed by atoms with Crippen molar-refractivity contribution in [3.8, 4) is 0 Å². The summed E-state index contributed by atoms with van der Waals surface area (Å²) in [6.45, 7) is 3.00. The average Bonchev–Trinajstić information content (AvgIpc) is 2.79. The molecule has 8 heteroatoms. The summed E-state index contributed by atoms with van der Waals surface area (Å²) >= 11 is 0. The van der Waals surface area contributed by atoms with Crippen molar-refractivity contribution in [2.75, 3.05) is 17.6 Å². The third kappa shape index (κ3) is 4.75. The zero-order valence-electron chi connectivity index (χ0n) is 17.2. The second kappa shape index (κ2) is 9.17. The largest absolute Gasteiger partial charge is 0.382 e. The molecular weight excluding hydrogens is 390 g/mol. The molecule has 0 aliphatic rings. The molecule has 4 aromatic rings. The Labute approximate surface area is 180 Å². The minimum absolute atomic E-state index is 0.0991. The van der Waals surface area contributed by atoms with E-state index in [1.807, 2.05) is 49.5 Å². The van der Waals surface area contributed by atoms with E-state index >= 15 is 0 Å². The van der Waals surface area contributed by atoms with Crippen LogP contribution in [-0.2, 0) is 13.0 Å². The number of hydrogen-bond acceptors (Lipinski definition) is 7. The number of nitrogens with two attached hydrogens (primary N) is 1. The number of aryl methyl sites for hydroxylation is 1. The van der Waals surface area contributed by atoms with E-state index in [4.69, 9.17) is 10.7 Å². The Bertz CT molecular complexity index is 1210. The van der Waals surface area contributed by atoms with Crippen molar-refractivity contribution in [2.45, 2.75) is 19.9 Å². The molecule has 4 N–H and O–H groups in total. The molecule has 0 aliphatic heterocycles. The van der Waals surface area contributed by atoms with Gasteiger partial charge in [-0.1, -0.05) is 24.3 Å². The number of pyridine rings is 2. The maximum atomic E-state index is 12.5. The van der Waals surface area contributed by atoms with Crippen LogP contribution >= 0.6 is 0 Å². The molecular formula is C23H23N7O. The van der Waals surface area contributed by atoms with E-state index in [0.717, 1.165) is 39.8 Å². The molecule has 0 aliphatic carbocycles. The van der Waals surface area contributed by atoms with Gasteiger partial charge in [-0.05, 0) is 36.6 Å². The van der Waals surface area contributed by atoms with E-state index in [0.29, 0.717) is 6.54 Å². The molecule has 0 fully saturated rings. The van der Waals surface area contributed by atoms with Gasteiger partial charge >= 0.3 is 0 Å². The zero-order valence-corrected chi connectivity index (χ0v) is 17.2. The summed E-state index contributed by atoms with van der Waals surface area (Å²) < 4.78 is 0. The van der Waals surface area contributed by atoms with Gasteiger partial charge in [0.1, 0.15) is 5.82 Å². The number of benzene rings is 1. The van der Waals surface area contributed by atoms with Gasteiger partial charge in [-0.2, -0.15) is 0 Å². The van der Waals surface area contributed by atoms with Gasteiger partial charge in [-0.15, -0.1) is 0 Å². The first-order chi connectivity index (χ1) is 15.1. The highest BCUT2D eigenvalue weighted by Crippen LogP contribution is 2.23. The zero-order chi connectivity index (χ0) is 21.6. The smallest absolute Gasteiger partial charge is 0.273 e. The molecule has 3 aromatic heterocycles. The Kier molecular flexibility index (Phi) is 5.98. The van der Waals surface area contributed by atoms with Gasteiger partial charge in [-0.3, -0.25) is 9.78 Å². The number of anilines is 2. The topological polar surface area (TPSA) is 119 Å². The van der Waals surface area contributed by atoms with Crippen LogP contribution in [0.1, 0.15) is 27.2 Å². The van der Waals surface area contributed by atoms with Crippen molar-refractivity contribution >= 4 is 28.4 Å². The van der Waals surface area contributed by atoms with Gasteiger partial charge in [0.15, 0.2) is 11.5 Å². The first-order valence-electron chi connectivity index (χ1n) is 9.98. The molecule has 0 unspecified atom stereocenters. The quantitative estimate of drug-likeness (QED) is 0.426. The molecule has 8 nitrogen and oxygen atoms in total. The summed E-state index contributed by atoms with van der Waals surface area (Å²) in [5.41, 5.74) is 9.91. The molecule has 0 spiro atoms. The van der Waals surface area contributed by atoms with E-state index in [1.165, 1.54) is 12.4 Å². The molecule has 3 heterocycles. The van der Waals surface area contributed by atoms with Crippen molar-refractivity contribution in [2.24, 2.45) is 0 Å². The van der Waals surface area contributed by atoms with E-state index < -0.39 is 0 Å². The van der Waals surface area contributed by atoms with Crippen LogP contribution < -0.4 is 16.4 Å². The lowest BCUT2D eigenvalue weighted by molar-refractivity contribution is 0.0946. The number of aromatic nitrogens is 4. The van der Waals surface area contributed by atoms with Crippen molar-refractivity contribution in [1.29, 1.82) is 0 Å². The fraction of sp³-hybridized carbons (Fsp3) is 0.174. The van der Waals surface area contributed by atoms with Crippen LogP contribution in [0.4, 0.5) is 11.6 Å². The third-order valence-electron chi connectivity index (χ3n) is 4.94. The molecule has 4 rings (SSSR count). The van der Waals surface area contributed by atoms with Gasteiger partial charge < -0.3 is 16.4 Å². The average molecular weight is 413 g/mol. The summed E-state index contributed by atoms with van der Waals surface area (Å²) in [4.78, 5) is 29.5.